The second-order valence-electron chi connectivity index (χ2n) is 7.09. The summed E-state index contributed by atoms with van der Waals surface area (Å²) in [5.41, 5.74) is 2.31. The fourth-order valence-corrected chi connectivity index (χ4v) is 3.28. The first-order chi connectivity index (χ1) is 13.8. The molecule has 1 aliphatic carbocycles. The SMILES string of the molecule is Cc1cc(-c2cccc(C#N)c2)nc2c(C(=O)NC(C3CC3)C(F)(F)F)ncn12. The van der Waals surface area contributed by atoms with E-state index < -0.39 is 24.0 Å². The molecule has 1 N–H and O–H groups in total. The quantitative estimate of drug-likeness (QED) is 0.726. The molecule has 148 valence electrons. The van der Waals surface area contributed by atoms with E-state index in [0.717, 1.165) is 0 Å². The fraction of sp³-hybridized carbons (Fsp3) is 0.300. The van der Waals surface area contributed by atoms with Crippen LogP contribution >= 0.6 is 0 Å². The van der Waals surface area contributed by atoms with Gasteiger partial charge in [0.15, 0.2) is 11.3 Å². The van der Waals surface area contributed by atoms with Gasteiger partial charge in [-0.1, -0.05) is 12.1 Å². The monoisotopic (exact) mass is 399 g/mol. The number of alkyl halides is 3. The first kappa shape index (κ1) is 18.9. The number of aromatic nitrogens is 3. The third kappa shape index (κ3) is 3.66. The number of hydrogen-bond donors (Lipinski definition) is 1. The average Bonchev–Trinajstić information content (AvgIpc) is 3.42. The van der Waals surface area contributed by atoms with Crippen LogP contribution in [-0.4, -0.2) is 32.5 Å². The molecule has 3 aromatic rings. The predicted octanol–water partition coefficient (Wildman–Crippen LogP) is 3.65. The van der Waals surface area contributed by atoms with E-state index in [-0.39, 0.29) is 11.3 Å². The molecule has 4 rings (SSSR count). The van der Waals surface area contributed by atoms with Crippen LogP contribution in [0.2, 0.25) is 0 Å². The van der Waals surface area contributed by atoms with Crippen LogP contribution in [0.15, 0.2) is 36.7 Å². The molecular weight excluding hydrogens is 383 g/mol. The minimum Gasteiger partial charge on any atom is -0.339 e. The van der Waals surface area contributed by atoms with Crippen LogP contribution in [0.4, 0.5) is 13.2 Å². The third-order valence-corrected chi connectivity index (χ3v) is 4.93. The van der Waals surface area contributed by atoms with Crippen LogP contribution in [0, 0.1) is 24.2 Å². The lowest BCUT2D eigenvalue weighted by atomic mass is 10.1. The zero-order chi connectivity index (χ0) is 20.8. The van der Waals surface area contributed by atoms with Gasteiger partial charge in [-0.15, -0.1) is 0 Å². The van der Waals surface area contributed by atoms with Crippen molar-refractivity contribution in [2.45, 2.75) is 32.0 Å². The number of nitriles is 1. The number of halogens is 3. The maximum atomic E-state index is 13.3. The maximum absolute atomic E-state index is 13.3. The minimum absolute atomic E-state index is 0.164. The lowest BCUT2D eigenvalue weighted by Crippen LogP contribution is -2.47. The Morgan fingerprint density at radius 3 is 2.76 bits per heavy atom. The second kappa shape index (κ2) is 6.88. The van der Waals surface area contributed by atoms with E-state index in [9.17, 15) is 18.0 Å². The largest absolute Gasteiger partial charge is 0.408 e. The van der Waals surface area contributed by atoms with Gasteiger partial charge in [0.05, 0.1) is 17.3 Å². The van der Waals surface area contributed by atoms with Crippen LogP contribution in [0.3, 0.4) is 0 Å². The van der Waals surface area contributed by atoms with Crippen molar-refractivity contribution in [3.63, 3.8) is 0 Å². The highest BCUT2D eigenvalue weighted by atomic mass is 19.4. The van der Waals surface area contributed by atoms with E-state index in [2.05, 4.69) is 15.3 Å². The Morgan fingerprint density at radius 1 is 1.34 bits per heavy atom. The number of rotatable bonds is 4. The molecule has 0 spiro atoms. The van der Waals surface area contributed by atoms with Crippen molar-refractivity contribution in [2.75, 3.05) is 0 Å². The van der Waals surface area contributed by atoms with E-state index in [0.29, 0.717) is 35.4 Å². The maximum Gasteiger partial charge on any atom is 0.408 e. The number of fused-ring (bicyclic) bond motifs is 1. The molecule has 0 saturated heterocycles. The molecule has 1 atom stereocenters. The van der Waals surface area contributed by atoms with Crippen LogP contribution in [0.1, 0.15) is 34.6 Å². The highest BCUT2D eigenvalue weighted by molar-refractivity contribution is 5.98. The summed E-state index contributed by atoms with van der Waals surface area (Å²) in [6.45, 7) is 1.78. The lowest BCUT2D eigenvalue weighted by molar-refractivity contribution is -0.158. The summed E-state index contributed by atoms with van der Waals surface area (Å²) in [7, 11) is 0. The van der Waals surface area contributed by atoms with Gasteiger partial charge in [-0.3, -0.25) is 9.20 Å². The standard InChI is InChI=1S/C20H16F3N5O/c1-11-7-15(14-4-2-3-12(8-14)9-24)26-18-16(25-10-28(11)18)19(29)27-17(13-5-6-13)20(21,22)23/h2-4,7-8,10,13,17H,5-6H2,1H3,(H,27,29). The van der Waals surface area contributed by atoms with Crippen molar-refractivity contribution >= 4 is 11.6 Å². The van der Waals surface area contributed by atoms with Crippen molar-refractivity contribution in [1.82, 2.24) is 19.7 Å². The Morgan fingerprint density at radius 2 is 2.10 bits per heavy atom. The molecule has 1 aromatic carbocycles. The van der Waals surface area contributed by atoms with Gasteiger partial charge in [-0.2, -0.15) is 18.4 Å². The summed E-state index contributed by atoms with van der Waals surface area (Å²) in [6.07, 6.45) is -2.28. The summed E-state index contributed by atoms with van der Waals surface area (Å²) in [5, 5.41) is 11.2. The minimum atomic E-state index is -4.52. The molecule has 0 aliphatic heterocycles. The van der Waals surface area contributed by atoms with Gasteiger partial charge < -0.3 is 5.32 Å². The van der Waals surface area contributed by atoms with Gasteiger partial charge in [-0.05, 0) is 43.9 Å². The van der Waals surface area contributed by atoms with Crippen molar-refractivity contribution < 1.29 is 18.0 Å². The van der Waals surface area contributed by atoms with Gasteiger partial charge >= 0.3 is 6.18 Å². The Hall–Kier alpha value is -3.41. The van der Waals surface area contributed by atoms with Gasteiger partial charge in [0.25, 0.3) is 5.91 Å². The van der Waals surface area contributed by atoms with E-state index >= 15 is 0 Å². The summed E-state index contributed by atoms with van der Waals surface area (Å²) in [6, 6.07) is 8.71. The second-order valence-corrected chi connectivity index (χ2v) is 7.09. The van der Waals surface area contributed by atoms with Gasteiger partial charge in [-0.25, -0.2) is 9.97 Å². The number of amides is 1. The summed E-state index contributed by atoms with van der Waals surface area (Å²) < 4.78 is 41.3. The Labute approximate surface area is 164 Å². The highest BCUT2D eigenvalue weighted by Gasteiger charge is 2.50. The average molecular weight is 399 g/mol. The van der Waals surface area contributed by atoms with Crippen molar-refractivity contribution in [3.05, 3.63) is 53.6 Å². The van der Waals surface area contributed by atoms with Gasteiger partial charge in [0.2, 0.25) is 0 Å². The number of imidazole rings is 1. The molecule has 1 amide bonds. The third-order valence-electron chi connectivity index (χ3n) is 4.93. The summed E-state index contributed by atoms with van der Waals surface area (Å²) in [5.74, 6) is -1.50. The van der Waals surface area contributed by atoms with Crippen LogP contribution in [-0.2, 0) is 0 Å². The molecule has 6 nitrogen and oxygen atoms in total. The number of carbonyl (C=O) groups excluding carboxylic acids is 1. The number of nitrogens with zero attached hydrogens (tertiary/aromatic N) is 4. The van der Waals surface area contributed by atoms with E-state index in [1.54, 1.807) is 41.7 Å². The Kier molecular flexibility index (Phi) is 4.49. The summed E-state index contributed by atoms with van der Waals surface area (Å²) in [4.78, 5) is 21.0. The number of carbonyl (C=O) groups is 1. The number of benzene rings is 1. The number of nitrogens with one attached hydrogen (secondary N) is 1. The molecule has 1 unspecified atom stereocenters. The van der Waals surface area contributed by atoms with Crippen molar-refractivity contribution in [1.29, 1.82) is 5.26 Å². The Balaban J connectivity index is 1.73. The smallest absolute Gasteiger partial charge is 0.339 e. The predicted molar refractivity (Wildman–Crippen MR) is 97.9 cm³/mol. The molecule has 1 fully saturated rings. The highest BCUT2D eigenvalue weighted by Crippen LogP contribution is 2.40. The fourth-order valence-electron chi connectivity index (χ4n) is 3.28. The lowest BCUT2D eigenvalue weighted by Gasteiger charge is -2.20. The Bertz CT molecular complexity index is 1140. The topological polar surface area (TPSA) is 83.1 Å². The van der Waals surface area contributed by atoms with Crippen LogP contribution in [0.5, 0.6) is 0 Å². The first-order valence-electron chi connectivity index (χ1n) is 9.01. The van der Waals surface area contributed by atoms with Gasteiger partial charge in [0.1, 0.15) is 12.4 Å². The number of aryl methyl sites for hydroxylation is 1. The molecule has 1 saturated carbocycles. The molecule has 9 heteroatoms. The molecule has 2 aromatic heterocycles. The normalized spacial score (nSPS) is 15.1. The zero-order valence-corrected chi connectivity index (χ0v) is 15.4. The first-order valence-corrected chi connectivity index (χ1v) is 9.01. The number of hydrogen-bond acceptors (Lipinski definition) is 4. The van der Waals surface area contributed by atoms with E-state index in [1.807, 2.05) is 6.07 Å². The molecule has 1 aliphatic rings. The van der Waals surface area contributed by atoms with Crippen LogP contribution < -0.4 is 5.32 Å². The molecule has 29 heavy (non-hydrogen) atoms. The molecular formula is C20H16F3N5O. The van der Waals surface area contributed by atoms with Crippen molar-refractivity contribution in [3.8, 4) is 17.3 Å². The van der Waals surface area contributed by atoms with Crippen LogP contribution in [0.25, 0.3) is 16.9 Å². The van der Waals surface area contributed by atoms with E-state index in [4.69, 9.17) is 5.26 Å². The molecule has 0 bridgehead atoms. The molecule has 2 heterocycles. The molecule has 0 radical (unpaired) electrons. The zero-order valence-electron chi connectivity index (χ0n) is 15.4. The van der Waals surface area contributed by atoms with E-state index in [1.165, 1.54) is 6.33 Å². The summed E-state index contributed by atoms with van der Waals surface area (Å²) >= 11 is 0. The van der Waals surface area contributed by atoms with Gasteiger partial charge in [0, 0.05) is 11.3 Å². The van der Waals surface area contributed by atoms with Crippen molar-refractivity contribution in [2.24, 2.45) is 5.92 Å².